The topological polar surface area (TPSA) is 69.0 Å². The molecule has 6 heteroatoms. The average Bonchev–Trinajstić information content (AvgIpc) is 3.13. The largest absolute Gasteiger partial charge is 0.493 e. The van der Waals surface area contributed by atoms with Crippen LogP contribution in [0.1, 0.15) is 22.3 Å². The van der Waals surface area contributed by atoms with Gasteiger partial charge in [-0.2, -0.15) is 5.10 Å². The Morgan fingerprint density at radius 2 is 2.04 bits per heavy atom. The summed E-state index contributed by atoms with van der Waals surface area (Å²) in [6, 6.07) is 15.5. The Hall–Kier alpha value is -3.15. The summed E-state index contributed by atoms with van der Waals surface area (Å²) in [6.45, 7) is 1.29. The number of rotatable bonds is 4. The molecule has 3 aromatic rings. The Morgan fingerprint density at radius 3 is 2.92 bits per heavy atom. The van der Waals surface area contributed by atoms with Crippen molar-refractivity contribution in [1.29, 1.82) is 0 Å². The molecule has 26 heavy (non-hydrogen) atoms. The molecule has 1 aliphatic heterocycles. The van der Waals surface area contributed by atoms with Gasteiger partial charge in [-0.25, -0.2) is 9.67 Å². The molecule has 0 fully saturated rings. The first-order chi connectivity index (χ1) is 12.8. The van der Waals surface area contributed by atoms with Crippen molar-refractivity contribution in [3.05, 3.63) is 72.3 Å². The van der Waals surface area contributed by atoms with Crippen LogP contribution in [-0.4, -0.2) is 33.8 Å². The maximum atomic E-state index is 12.7. The summed E-state index contributed by atoms with van der Waals surface area (Å²) in [4.78, 5) is 16.7. The Kier molecular flexibility index (Phi) is 4.64. The number of benzene rings is 2. The van der Waals surface area contributed by atoms with E-state index in [1.807, 2.05) is 36.4 Å². The summed E-state index contributed by atoms with van der Waals surface area (Å²) in [6.07, 6.45) is 4.87. The average molecular weight is 348 g/mol. The number of ether oxygens (including phenoxy) is 1. The number of nitrogens with one attached hydrogen (secondary N) is 1. The van der Waals surface area contributed by atoms with Crippen molar-refractivity contribution in [3.8, 4) is 11.4 Å². The number of aromatic nitrogens is 3. The van der Waals surface area contributed by atoms with Gasteiger partial charge in [-0.3, -0.25) is 4.79 Å². The highest BCUT2D eigenvalue weighted by molar-refractivity contribution is 5.97. The fourth-order valence-corrected chi connectivity index (χ4v) is 3.27. The van der Waals surface area contributed by atoms with Crippen LogP contribution in [0.3, 0.4) is 0 Å². The van der Waals surface area contributed by atoms with E-state index in [1.165, 1.54) is 11.9 Å². The molecule has 132 valence electrons. The maximum absolute atomic E-state index is 12.7. The molecular weight excluding hydrogens is 328 g/mol. The van der Waals surface area contributed by atoms with E-state index >= 15 is 0 Å². The second-order valence-electron chi connectivity index (χ2n) is 6.38. The van der Waals surface area contributed by atoms with Gasteiger partial charge in [0.05, 0.1) is 17.9 Å². The van der Waals surface area contributed by atoms with E-state index in [9.17, 15) is 4.79 Å². The van der Waals surface area contributed by atoms with Gasteiger partial charge in [-0.15, -0.1) is 0 Å². The second kappa shape index (κ2) is 7.39. The highest BCUT2D eigenvalue weighted by atomic mass is 16.5. The van der Waals surface area contributed by atoms with Gasteiger partial charge in [0.15, 0.2) is 0 Å². The molecule has 1 atom stereocenters. The zero-order valence-corrected chi connectivity index (χ0v) is 14.3. The molecule has 1 N–H and O–H groups in total. The molecule has 4 rings (SSSR count). The third kappa shape index (κ3) is 3.44. The summed E-state index contributed by atoms with van der Waals surface area (Å²) < 4.78 is 7.41. The van der Waals surface area contributed by atoms with Crippen molar-refractivity contribution in [1.82, 2.24) is 20.1 Å². The van der Waals surface area contributed by atoms with E-state index in [0.717, 1.165) is 24.3 Å². The number of carbonyl (C=O) groups excluding carboxylic acids is 1. The number of fused-ring (bicyclic) bond motifs is 1. The van der Waals surface area contributed by atoms with Crippen LogP contribution in [0.4, 0.5) is 0 Å². The molecule has 0 radical (unpaired) electrons. The summed E-state index contributed by atoms with van der Waals surface area (Å²) in [5, 5.41) is 7.20. The molecule has 0 saturated heterocycles. The Labute approximate surface area is 151 Å². The highest BCUT2D eigenvalue weighted by Gasteiger charge is 2.19. The van der Waals surface area contributed by atoms with Gasteiger partial charge in [-0.1, -0.05) is 30.3 Å². The van der Waals surface area contributed by atoms with Crippen LogP contribution in [0.2, 0.25) is 0 Å². The molecule has 6 nitrogen and oxygen atoms in total. The number of nitrogens with zero attached hydrogens (tertiary/aromatic N) is 3. The van der Waals surface area contributed by atoms with Gasteiger partial charge in [0.25, 0.3) is 5.91 Å². The minimum Gasteiger partial charge on any atom is -0.493 e. The lowest BCUT2D eigenvalue weighted by Crippen LogP contribution is -2.31. The molecule has 0 spiro atoms. The third-order valence-electron chi connectivity index (χ3n) is 4.63. The van der Waals surface area contributed by atoms with Gasteiger partial charge in [0, 0.05) is 6.54 Å². The quantitative estimate of drug-likeness (QED) is 0.787. The van der Waals surface area contributed by atoms with Crippen LogP contribution in [0.25, 0.3) is 5.69 Å². The molecule has 0 unspecified atom stereocenters. The predicted octanol–water partition coefficient (Wildman–Crippen LogP) is 2.64. The van der Waals surface area contributed by atoms with E-state index in [-0.39, 0.29) is 5.91 Å². The van der Waals surface area contributed by atoms with E-state index in [0.29, 0.717) is 24.6 Å². The van der Waals surface area contributed by atoms with E-state index in [2.05, 4.69) is 21.5 Å². The summed E-state index contributed by atoms with van der Waals surface area (Å²) in [5.41, 5.74) is 2.51. The number of amides is 1. The Balaban J connectivity index is 1.45. The van der Waals surface area contributed by atoms with E-state index in [1.54, 1.807) is 17.1 Å². The van der Waals surface area contributed by atoms with Gasteiger partial charge in [0.2, 0.25) is 0 Å². The third-order valence-corrected chi connectivity index (χ3v) is 4.63. The monoisotopic (exact) mass is 348 g/mol. The van der Waals surface area contributed by atoms with Crippen LogP contribution in [0.15, 0.2) is 61.2 Å². The van der Waals surface area contributed by atoms with E-state index in [4.69, 9.17) is 4.74 Å². The molecular formula is C20H20N4O2. The van der Waals surface area contributed by atoms with Crippen LogP contribution in [0.5, 0.6) is 5.75 Å². The number of hydrogen-bond donors (Lipinski definition) is 1. The molecule has 0 aliphatic carbocycles. The Morgan fingerprint density at radius 1 is 1.19 bits per heavy atom. The molecule has 1 aromatic heterocycles. The highest BCUT2D eigenvalue weighted by Crippen LogP contribution is 2.26. The first-order valence-electron chi connectivity index (χ1n) is 8.74. The SMILES string of the molecule is O=C(NC[C@H]1CCOc2ccccc2C1)c1ccccc1-n1cncn1. The lowest BCUT2D eigenvalue weighted by molar-refractivity contribution is 0.0945. The molecule has 2 aromatic carbocycles. The van der Waals surface area contributed by atoms with Crippen LogP contribution in [0, 0.1) is 5.92 Å². The normalized spacial score (nSPS) is 16.2. The van der Waals surface area contributed by atoms with Gasteiger partial charge in [-0.05, 0) is 42.5 Å². The number of carbonyl (C=O) groups is 1. The van der Waals surface area contributed by atoms with Gasteiger partial charge >= 0.3 is 0 Å². The van der Waals surface area contributed by atoms with Crippen molar-refractivity contribution < 1.29 is 9.53 Å². The number of para-hydroxylation sites is 2. The molecule has 0 bridgehead atoms. The van der Waals surface area contributed by atoms with Crippen molar-refractivity contribution >= 4 is 5.91 Å². The second-order valence-corrected chi connectivity index (χ2v) is 6.38. The zero-order chi connectivity index (χ0) is 17.8. The van der Waals surface area contributed by atoms with Crippen molar-refractivity contribution in [2.75, 3.05) is 13.2 Å². The van der Waals surface area contributed by atoms with Crippen molar-refractivity contribution in [2.24, 2.45) is 5.92 Å². The predicted molar refractivity (Wildman–Crippen MR) is 97.4 cm³/mol. The van der Waals surface area contributed by atoms with Crippen molar-refractivity contribution in [2.45, 2.75) is 12.8 Å². The van der Waals surface area contributed by atoms with Crippen LogP contribution >= 0.6 is 0 Å². The first kappa shape index (κ1) is 16.3. The minimum atomic E-state index is -0.102. The summed E-state index contributed by atoms with van der Waals surface area (Å²) in [5.74, 6) is 1.20. The lowest BCUT2D eigenvalue weighted by atomic mass is 9.97. The molecule has 2 heterocycles. The summed E-state index contributed by atoms with van der Waals surface area (Å²) in [7, 11) is 0. The standard InChI is InChI=1S/C20H20N4O2/c25-20(17-6-2-3-7-18(17)24-14-21-13-23-24)22-12-15-9-10-26-19-8-4-1-5-16(19)11-15/h1-8,13-15H,9-12H2,(H,22,25)/t15-/m0/s1. The van der Waals surface area contributed by atoms with Crippen LogP contribution in [-0.2, 0) is 6.42 Å². The number of hydrogen-bond acceptors (Lipinski definition) is 4. The molecule has 1 aliphatic rings. The molecule has 1 amide bonds. The smallest absolute Gasteiger partial charge is 0.253 e. The van der Waals surface area contributed by atoms with Crippen LogP contribution < -0.4 is 10.1 Å². The lowest BCUT2D eigenvalue weighted by Gasteiger charge is -2.15. The zero-order valence-electron chi connectivity index (χ0n) is 14.3. The van der Waals surface area contributed by atoms with E-state index < -0.39 is 0 Å². The van der Waals surface area contributed by atoms with Crippen molar-refractivity contribution in [3.63, 3.8) is 0 Å². The fraction of sp³-hybridized carbons (Fsp3) is 0.250. The maximum Gasteiger partial charge on any atom is 0.253 e. The minimum absolute atomic E-state index is 0.102. The first-order valence-corrected chi connectivity index (χ1v) is 8.74. The Bertz CT molecular complexity index is 892. The fourth-order valence-electron chi connectivity index (χ4n) is 3.27. The van der Waals surface area contributed by atoms with Gasteiger partial charge in [0.1, 0.15) is 18.4 Å². The van der Waals surface area contributed by atoms with Gasteiger partial charge < -0.3 is 10.1 Å². The summed E-state index contributed by atoms with van der Waals surface area (Å²) >= 11 is 0. The molecule has 0 saturated carbocycles.